The van der Waals surface area contributed by atoms with Crippen molar-refractivity contribution in [3.8, 4) is 0 Å². The highest BCUT2D eigenvalue weighted by atomic mass is 31.2. The van der Waals surface area contributed by atoms with Crippen molar-refractivity contribution in [2.24, 2.45) is 0 Å². The van der Waals surface area contributed by atoms with E-state index in [1.165, 1.54) is 64.1 Å². The van der Waals surface area contributed by atoms with Gasteiger partial charge in [0.25, 0.3) is 0 Å². The van der Waals surface area contributed by atoms with E-state index < -0.39 is 7.26 Å². The summed E-state index contributed by atoms with van der Waals surface area (Å²) in [5, 5.41) is 11.4. The molecule has 0 unspecified atom stereocenters. The summed E-state index contributed by atoms with van der Waals surface area (Å²) in [7, 11) is 0.506. The highest BCUT2D eigenvalue weighted by molar-refractivity contribution is 7.76. The van der Waals surface area contributed by atoms with Crippen LogP contribution >= 0.6 is 7.26 Å². The minimum atomic E-state index is -0.969. The monoisotopic (exact) mass is 288 g/mol. The van der Waals surface area contributed by atoms with Crippen LogP contribution in [0.4, 0.5) is 0 Å². The highest BCUT2D eigenvalue weighted by Crippen LogP contribution is 2.60. The lowest BCUT2D eigenvalue weighted by Crippen LogP contribution is -2.14. The fourth-order valence-corrected chi connectivity index (χ4v) is 7.16. The van der Waals surface area contributed by atoms with Crippen LogP contribution in [0.2, 0.25) is 0 Å². The molecule has 0 rings (SSSR count). The van der Waals surface area contributed by atoms with Crippen molar-refractivity contribution in [1.82, 2.24) is 0 Å². The van der Waals surface area contributed by atoms with Crippen LogP contribution in [0.5, 0.6) is 0 Å². The lowest BCUT2D eigenvalue weighted by Gasteiger charge is -2.27. The minimum Gasteiger partial charge on any atom is -0.617 e. The number of methoxy groups -OCH3 is 1. The van der Waals surface area contributed by atoms with Gasteiger partial charge in [-0.25, -0.2) is 0 Å². The summed E-state index contributed by atoms with van der Waals surface area (Å²) in [4.78, 5) is 0. The van der Waals surface area contributed by atoms with E-state index in [9.17, 15) is 5.11 Å². The van der Waals surface area contributed by atoms with Gasteiger partial charge in [-0.3, -0.25) is 0 Å². The number of unbranched alkanes of at least 4 members (excludes halogenated alkanes) is 3. The largest absolute Gasteiger partial charge is 0.617 e. The van der Waals surface area contributed by atoms with Gasteiger partial charge >= 0.3 is 0 Å². The Morgan fingerprint density at radius 1 is 0.947 bits per heavy atom. The average molecular weight is 288 g/mol. The summed E-state index contributed by atoms with van der Waals surface area (Å²) in [6, 6.07) is 0. The summed E-state index contributed by atoms with van der Waals surface area (Å²) in [6.07, 6.45) is 14.6. The molecular formula is C16H33O2P. The summed E-state index contributed by atoms with van der Waals surface area (Å²) < 4.78 is 4.78. The van der Waals surface area contributed by atoms with Crippen molar-refractivity contribution < 1.29 is 9.84 Å². The summed E-state index contributed by atoms with van der Waals surface area (Å²) in [5.74, 6) is -0.145. The zero-order valence-corrected chi connectivity index (χ0v) is 14.3. The lowest BCUT2D eigenvalue weighted by molar-refractivity contribution is -0.353. The molecule has 0 amide bonds. The zero-order valence-electron chi connectivity index (χ0n) is 13.4. The van der Waals surface area contributed by atoms with E-state index in [1.54, 1.807) is 0 Å². The first-order valence-corrected chi connectivity index (χ1v) is 10.4. The van der Waals surface area contributed by atoms with Crippen LogP contribution in [0.15, 0.2) is 12.0 Å². The van der Waals surface area contributed by atoms with Gasteiger partial charge in [-0.1, -0.05) is 40.0 Å². The molecule has 0 fully saturated rings. The van der Waals surface area contributed by atoms with Gasteiger partial charge in [0.05, 0.1) is 30.6 Å². The van der Waals surface area contributed by atoms with Gasteiger partial charge in [0.1, 0.15) is 0 Å². The Kier molecular flexibility index (Phi) is 11.4. The standard InChI is InChI=1S/C16H33O2P/c1-5-8-12-19(13-9-6-2,14-10-7-3)15-11-16(17)18-4/h11H,5-10,12-15H2,1-4H3/b16-11-. The van der Waals surface area contributed by atoms with Gasteiger partial charge in [-0.05, 0) is 32.4 Å². The number of allylic oxidation sites excluding steroid dienone is 1. The molecule has 0 aromatic heterocycles. The number of hydrogen-bond acceptors (Lipinski definition) is 2. The van der Waals surface area contributed by atoms with Crippen LogP contribution < -0.4 is 5.11 Å². The Balaban J connectivity index is 4.75. The second kappa shape index (κ2) is 11.6. The topological polar surface area (TPSA) is 32.3 Å². The van der Waals surface area contributed by atoms with Gasteiger partial charge in [-0.15, -0.1) is 0 Å². The van der Waals surface area contributed by atoms with E-state index in [4.69, 9.17) is 4.74 Å². The van der Waals surface area contributed by atoms with E-state index in [0.29, 0.717) is 0 Å². The summed E-state index contributed by atoms with van der Waals surface area (Å²) >= 11 is 0. The molecule has 0 radical (unpaired) electrons. The van der Waals surface area contributed by atoms with Crippen LogP contribution in [0, 0.1) is 0 Å². The SMILES string of the molecule is CCCC[P+](C/C=C(/[O-])OC)(CCCC)CCCC. The van der Waals surface area contributed by atoms with E-state index in [2.05, 4.69) is 20.8 Å². The first kappa shape index (κ1) is 18.8. The van der Waals surface area contributed by atoms with Gasteiger partial charge in [-0.2, -0.15) is 0 Å². The molecule has 19 heavy (non-hydrogen) atoms. The van der Waals surface area contributed by atoms with Crippen LogP contribution in [-0.4, -0.2) is 31.8 Å². The maximum absolute atomic E-state index is 11.4. The van der Waals surface area contributed by atoms with Gasteiger partial charge in [0.15, 0.2) is 0 Å². The van der Waals surface area contributed by atoms with Crippen molar-refractivity contribution >= 4 is 7.26 Å². The normalized spacial score (nSPS) is 12.7. The molecule has 3 heteroatoms. The third-order valence-corrected chi connectivity index (χ3v) is 8.56. The Hall–Kier alpha value is -0.230. The Labute approximate surface area is 121 Å². The Morgan fingerprint density at radius 3 is 1.68 bits per heavy atom. The molecule has 0 aromatic rings. The predicted molar refractivity (Wildman–Crippen MR) is 86.2 cm³/mol. The van der Waals surface area contributed by atoms with Crippen molar-refractivity contribution in [2.75, 3.05) is 31.8 Å². The second-order valence-electron chi connectivity index (χ2n) is 5.48. The number of ether oxygens (including phenoxy) is 1. The lowest BCUT2D eigenvalue weighted by atomic mass is 10.4. The zero-order chi connectivity index (χ0) is 14.6. The molecule has 0 N–H and O–H groups in total. The van der Waals surface area contributed by atoms with Gasteiger partial charge in [0.2, 0.25) is 0 Å². The van der Waals surface area contributed by atoms with Crippen LogP contribution in [0.1, 0.15) is 59.3 Å². The Bertz CT molecular complexity index is 217. The number of rotatable bonds is 12. The summed E-state index contributed by atoms with van der Waals surface area (Å²) in [6.45, 7) is 6.79. The highest BCUT2D eigenvalue weighted by Gasteiger charge is 2.34. The first-order chi connectivity index (χ1) is 9.14. The van der Waals surface area contributed by atoms with Gasteiger partial charge in [0, 0.05) is 7.26 Å². The van der Waals surface area contributed by atoms with Crippen LogP contribution in [0.25, 0.3) is 0 Å². The molecule has 0 saturated heterocycles. The summed E-state index contributed by atoms with van der Waals surface area (Å²) in [5.41, 5.74) is 0. The first-order valence-electron chi connectivity index (χ1n) is 7.90. The third-order valence-electron chi connectivity index (χ3n) is 3.80. The Morgan fingerprint density at radius 2 is 1.37 bits per heavy atom. The van der Waals surface area contributed by atoms with Crippen LogP contribution in [0.3, 0.4) is 0 Å². The van der Waals surface area contributed by atoms with E-state index in [-0.39, 0.29) is 5.95 Å². The van der Waals surface area contributed by atoms with Gasteiger partial charge < -0.3 is 9.84 Å². The van der Waals surface area contributed by atoms with E-state index >= 15 is 0 Å². The minimum absolute atomic E-state index is 0.145. The molecule has 0 spiro atoms. The maximum atomic E-state index is 11.4. The van der Waals surface area contributed by atoms with Crippen molar-refractivity contribution in [2.45, 2.75) is 59.3 Å². The molecule has 0 aliphatic carbocycles. The molecule has 0 atom stereocenters. The molecule has 2 nitrogen and oxygen atoms in total. The molecule has 0 bridgehead atoms. The molecule has 114 valence electrons. The fraction of sp³-hybridized carbons (Fsp3) is 0.875. The quantitative estimate of drug-likeness (QED) is 0.397. The van der Waals surface area contributed by atoms with Crippen molar-refractivity contribution in [3.63, 3.8) is 0 Å². The maximum Gasteiger partial charge on any atom is 0.0793 e. The smallest absolute Gasteiger partial charge is 0.0793 e. The van der Waals surface area contributed by atoms with Crippen molar-refractivity contribution in [3.05, 3.63) is 12.0 Å². The molecule has 0 saturated carbocycles. The van der Waals surface area contributed by atoms with E-state index in [1.807, 2.05) is 6.08 Å². The third kappa shape index (κ3) is 8.52. The van der Waals surface area contributed by atoms with Crippen LogP contribution in [-0.2, 0) is 4.74 Å². The molecule has 0 aliphatic heterocycles. The average Bonchev–Trinajstić information content (AvgIpc) is 2.45. The van der Waals surface area contributed by atoms with E-state index in [0.717, 1.165) is 6.16 Å². The van der Waals surface area contributed by atoms with Crippen molar-refractivity contribution in [1.29, 1.82) is 0 Å². The predicted octanol–water partition coefficient (Wildman–Crippen LogP) is 4.25. The molecule has 0 heterocycles. The molecular weight excluding hydrogens is 255 g/mol. The number of hydrogen-bond donors (Lipinski definition) is 0. The molecule has 0 aromatic carbocycles. The fourth-order valence-electron chi connectivity index (χ4n) is 2.44. The molecule has 0 aliphatic rings. The second-order valence-corrected chi connectivity index (χ2v) is 9.87.